The predicted molar refractivity (Wildman–Crippen MR) is 83.4 cm³/mol. The fraction of sp³-hybridized carbons (Fsp3) is 1.00. The summed E-state index contributed by atoms with van der Waals surface area (Å²) in [6.45, 7) is 4.56. The molecule has 0 radical (unpaired) electrons. The van der Waals surface area contributed by atoms with Gasteiger partial charge >= 0.3 is 0 Å². The van der Waals surface area contributed by atoms with Crippen LogP contribution in [0.3, 0.4) is 0 Å². The highest BCUT2D eigenvalue weighted by molar-refractivity contribution is 4.75. The number of rotatable bonds is 14. The molecule has 0 fully saturated rings. The zero-order chi connectivity index (χ0) is 14.4. The summed E-state index contributed by atoms with van der Waals surface area (Å²) in [6, 6.07) is 0. The van der Waals surface area contributed by atoms with Crippen LogP contribution >= 0.6 is 0 Å². The Kier molecular flexibility index (Phi) is 12.9. The molecule has 0 aromatic carbocycles. The molecule has 0 bridgehead atoms. The minimum Gasteiger partial charge on any atom is -0.396 e. The lowest BCUT2D eigenvalue weighted by Gasteiger charge is -2.28. The molecule has 0 heterocycles. The van der Waals surface area contributed by atoms with Crippen LogP contribution in [0.4, 0.5) is 0 Å². The molecular weight excluding hydrogens is 236 g/mol. The van der Waals surface area contributed by atoms with Crippen molar-refractivity contribution in [3.63, 3.8) is 0 Å². The predicted octanol–water partition coefficient (Wildman–Crippen LogP) is 4.68. The average Bonchev–Trinajstić information content (AvgIpc) is 2.46. The van der Waals surface area contributed by atoms with Gasteiger partial charge in [-0.05, 0) is 12.8 Å². The lowest BCUT2D eigenvalue weighted by Crippen LogP contribution is -2.28. The van der Waals surface area contributed by atoms with Crippen LogP contribution in [0.1, 0.15) is 90.9 Å². The largest absolute Gasteiger partial charge is 0.396 e. The van der Waals surface area contributed by atoms with Crippen LogP contribution in [-0.4, -0.2) is 23.4 Å². The summed E-state index contributed by atoms with van der Waals surface area (Å²) in [4.78, 5) is 0. The Hall–Kier alpha value is -0.0800. The second-order valence-corrected chi connectivity index (χ2v) is 6.10. The molecule has 2 nitrogen and oxygen atoms in total. The molecule has 2 N–H and O–H groups in total. The van der Waals surface area contributed by atoms with Crippen molar-refractivity contribution in [1.29, 1.82) is 0 Å². The molecule has 0 aliphatic heterocycles. The molecule has 0 rings (SSSR count). The molecule has 116 valence electrons. The lowest BCUT2D eigenvalue weighted by molar-refractivity contribution is 0.0416. The molecule has 0 spiro atoms. The monoisotopic (exact) mass is 272 g/mol. The molecule has 0 saturated carbocycles. The molecule has 0 aromatic rings. The van der Waals surface area contributed by atoms with Crippen LogP contribution in [0.2, 0.25) is 0 Å². The van der Waals surface area contributed by atoms with Crippen LogP contribution in [0.5, 0.6) is 0 Å². The number of aliphatic hydroxyl groups excluding tert-OH is 2. The number of aliphatic hydroxyl groups is 2. The van der Waals surface area contributed by atoms with Gasteiger partial charge in [0.05, 0.1) is 13.2 Å². The van der Waals surface area contributed by atoms with E-state index in [4.69, 9.17) is 0 Å². The molecule has 2 heteroatoms. The van der Waals surface area contributed by atoms with Crippen LogP contribution in [0, 0.1) is 5.41 Å². The van der Waals surface area contributed by atoms with Gasteiger partial charge in [0.1, 0.15) is 0 Å². The van der Waals surface area contributed by atoms with Gasteiger partial charge in [-0.3, -0.25) is 0 Å². The Morgan fingerprint density at radius 1 is 0.632 bits per heavy atom. The molecular formula is C17H36O2. The van der Waals surface area contributed by atoms with Crippen molar-refractivity contribution in [2.24, 2.45) is 5.41 Å². The normalized spacial score (nSPS) is 12.0. The molecule has 0 aromatic heterocycles. The average molecular weight is 272 g/mol. The maximum Gasteiger partial charge on any atom is 0.0509 e. The first-order chi connectivity index (χ1) is 9.24. The van der Waals surface area contributed by atoms with Gasteiger partial charge in [0, 0.05) is 5.41 Å². The Morgan fingerprint density at radius 2 is 1.05 bits per heavy atom. The number of unbranched alkanes of at least 4 members (excludes halogenated alkanes) is 9. The first-order valence-electron chi connectivity index (χ1n) is 8.46. The van der Waals surface area contributed by atoms with E-state index < -0.39 is 0 Å². The van der Waals surface area contributed by atoms with E-state index in [0.717, 1.165) is 19.3 Å². The molecule has 0 saturated heterocycles. The van der Waals surface area contributed by atoms with Gasteiger partial charge in [0.2, 0.25) is 0 Å². The van der Waals surface area contributed by atoms with Gasteiger partial charge < -0.3 is 10.2 Å². The van der Waals surface area contributed by atoms with E-state index in [2.05, 4.69) is 13.8 Å². The highest BCUT2D eigenvalue weighted by atomic mass is 16.3. The van der Waals surface area contributed by atoms with Crippen molar-refractivity contribution < 1.29 is 10.2 Å². The van der Waals surface area contributed by atoms with E-state index >= 15 is 0 Å². The third-order valence-electron chi connectivity index (χ3n) is 4.48. The molecule has 0 aliphatic rings. The summed E-state index contributed by atoms with van der Waals surface area (Å²) in [5, 5.41) is 18.7. The Balaban J connectivity index is 3.35. The van der Waals surface area contributed by atoms with Crippen LogP contribution in [0.15, 0.2) is 0 Å². The zero-order valence-electron chi connectivity index (χ0n) is 13.3. The Bertz CT molecular complexity index is 168. The summed E-state index contributed by atoms with van der Waals surface area (Å²) >= 11 is 0. The quantitative estimate of drug-likeness (QED) is 0.451. The minimum atomic E-state index is -0.222. The van der Waals surface area contributed by atoms with E-state index in [0.29, 0.717) is 0 Å². The molecule has 0 unspecified atom stereocenters. The second kappa shape index (κ2) is 12.9. The van der Waals surface area contributed by atoms with Gasteiger partial charge in [-0.15, -0.1) is 0 Å². The summed E-state index contributed by atoms with van der Waals surface area (Å²) in [5.41, 5.74) is -0.222. The van der Waals surface area contributed by atoms with E-state index in [1.165, 1.54) is 57.8 Å². The number of hydrogen-bond acceptors (Lipinski definition) is 2. The van der Waals surface area contributed by atoms with Gasteiger partial charge in [0.15, 0.2) is 0 Å². The van der Waals surface area contributed by atoms with Gasteiger partial charge in [-0.1, -0.05) is 78.1 Å². The SMILES string of the molecule is CCCCCCCCCCCCC(CC)(CO)CO. The highest BCUT2D eigenvalue weighted by Crippen LogP contribution is 2.28. The van der Waals surface area contributed by atoms with Crippen LogP contribution < -0.4 is 0 Å². The van der Waals surface area contributed by atoms with Crippen LogP contribution in [-0.2, 0) is 0 Å². The molecule has 0 amide bonds. The van der Waals surface area contributed by atoms with Crippen molar-refractivity contribution in [2.45, 2.75) is 90.9 Å². The fourth-order valence-corrected chi connectivity index (χ4v) is 2.60. The van der Waals surface area contributed by atoms with Gasteiger partial charge in [0.25, 0.3) is 0 Å². The standard InChI is InChI=1S/C17H36O2/c1-3-5-6-7-8-9-10-11-12-13-14-17(4-2,15-18)16-19/h18-19H,3-16H2,1-2H3. The maximum absolute atomic E-state index is 9.36. The lowest BCUT2D eigenvalue weighted by atomic mass is 9.81. The first-order valence-corrected chi connectivity index (χ1v) is 8.46. The van der Waals surface area contributed by atoms with Crippen molar-refractivity contribution >= 4 is 0 Å². The van der Waals surface area contributed by atoms with Gasteiger partial charge in [-0.2, -0.15) is 0 Å². The summed E-state index contributed by atoms with van der Waals surface area (Å²) in [5.74, 6) is 0. The third-order valence-corrected chi connectivity index (χ3v) is 4.48. The smallest absolute Gasteiger partial charge is 0.0509 e. The Morgan fingerprint density at radius 3 is 1.42 bits per heavy atom. The summed E-state index contributed by atoms with van der Waals surface area (Å²) < 4.78 is 0. The first kappa shape index (κ1) is 18.9. The molecule has 19 heavy (non-hydrogen) atoms. The van der Waals surface area contributed by atoms with Crippen molar-refractivity contribution in [1.82, 2.24) is 0 Å². The third kappa shape index (κ3) is 9.45. The van der Waals surface area contributed by atoms with Crippen LogP contribution in [0.25, 0.3) is 0 Å². The van der Waals surface area contributed by atoms with E-state index in [1.807, 2.05) is 0 Å². The molecule has 0 atom stereocenters. The van der Waals surface area contributed by atoms with E-state index in [1.54, 1.807) is 0 Å². The second-order valence-electron chi connectivity index (χ2n) is 6.10. The van der Waals surface area contributed by atoms with Crippen molar-refractivity contribution in [2.75, 3.05) is 13.2 Å². The van der Waals surface area contributed by atoms with Crippen molar-refractivity contribution in [3.05, 3.63) is 0 Å². The minimum absolute atomic E-state index is 0.122. The van der Waals surface area contributed by atoms with E-state index in [-0.39, 0.29) is 18.6 Å². The molecule has 0 aliphatic carbocycles. The fourth-order valence-electron chi connectivity index (χ4n) is 2.60. The zero-order valence-corrected chi connectivity index (χ0v) is 13.3. The highest BCUT2D eigenvalue weighted by Gasteiger charge is 2.25. The summed E-state index contributed by atoms with van der Waals surface area (Å²) in [7, 11) is 0. The maximum atomic E-state index is 9.36. The number of hydrogen-bond donors (Lipinski definition) is 2. The summed E-state index contributed by atoms with van der Waals surface area (Å²) in [6.07, 6.45) is 15.2. The topological polar surface area (TPSA) is 40.5 Å². The van der Waals surface area contributed by atoms with E-state index in [9.17, 15) is 10.2 Å². The van der Waals surface area contributed by atoms with Crippen molar-refractivity contribution in [3.8, 4) is 0 Å². The Labute approximate surface area is 120 Å². The van der Waals surface area contributed by atoms with Gasteiger partial charge in [-0.25, -0.2) is 0 Å².